The van der Waals surface area contributed by atoms with E-state index in [0.717, 1.165) is 24.7 Å². The molecule has 20 heavy (non-hydrogen) atoms. The Morgan fingerprint density at radius 1 is 1.15 bits per heavy atom. The third-order valence-electron chi connectivity index (χ3n) is 4.33. The van der Waals surface area contributed by atoms with Crippen molar-refractivity contribution >= 4 is 17.4 Å². The summed E-state index contributed by atoms with van der Waals surface area (Å²) in [7, 11) is 0. The summed E-state index contributed by atoms with van der Waals surface area (Å²) in [6.45, 7) is 3.06. The number of para-hydroxylation sites is 1. The molecule has 0 spiro atoms. The highest BCUT2D eigenvalue weighted by atomic mass is 32.2. The molecule has 1 saturated carbocycles. The topological polar surface area (TPSA) is 21.3 Å². The Bertz CT molecular complexity index is 431. The van der Waals surface area contributed by atoms with Crippen LogP contribution in [0, 0.1) is 0 Å². The molecule has 1 aliphatic carbocycles. The lowest BCUT2D eigenvalue weighted by atomic mass is 10.0. The number of thioether (sulfide) groups is 1. The lowest BCUT2D eigenvalue weighted by molar-refractivity contribution is 0.0232. The van der Waals surface area contributed by atoms with Crippen LogP contribution in [0.25, 0.3) is 0 Å². The van der Waals surface area contributed by atoms with Gasteiger partial charge < -0.3 is 10.1 Å². The second kappa shape index (κ2) is 6.86. The maximum atomic E-state index is 5.64. The lowest BCUT2D eigenvalue weighted by Gasteiger charge is -2.29. The van der Waals surface area contributed by atoms with E-state index in [1.807, 2.05) is 0 Å². The molecule has 0 bridgehead atoms. The minimum absolute atomic E-state index is 0.385. The van der Waals surface area contributed by atoms with Crippen LogP contribution in [0.15, 0.2) is 29.2 Å². The predicted molar refractivity (Wildman–Crippen MR) is 86.6 cm³/mol. The van der Waals surface area contributed by atoms with Gasteiger partial charge in [-0.3, -0.25) is 0 Å². The van der Waals surface area contributed by atoms with Gasteiger partial charge in [-0.05, 0) is 44.7 Å². The molecule has 3 rings (SSSR count). The molecule has 0 aromatic heterocycles. The van der Waals surface area contributed by atoms with Crippen molar-refractivity contribution in [2.24, 2.45) is 0 Å². The Kier molecular flexibility index (Phi) is 4.90. The lowest BCUT2D eigenvalue weighted by Crippen LogP contribution is -2.32. The van der Waals surface area contributed by atoms with Gasteiger partial charge in [0, 0.05) is 28.5 Å². The molecule has 110 valence electrons. The minimum Gasteiger partial charge on any atom is -0.381 e. The monoisotopic (exact) mass is 291 g/mol. The van der Waals surface area contributed by atoms with Gasteiger partial charge in [0.05, 0.1) is 6.10 Å². The fourth-order valence-corrected chi connectivity index (χ4v) is 4.56. The molecular formula is C17H25NOS. The Balaban J connectivity index is 1.65. The first-order valence-electron chi connectivity index (χ1n) is 7.95. The van der Waals surface area contributed by atoms with Gasteiger partial charge in [-0.1, -0.05) is 25.0 Å². The van der Waals surface area contributed by atoms with E-state index < -0.39 is 0 Å². The Hall–Kier alpha value is -0.670. The third kappa shape index (κ3) is 3.70. The van der Waals surface area contributed by atoms with Gasteiger partial charge in [-0.25, -0.2) is 0 Å². The Morgan fingerprint density at radius 2 is 1.95 bits per heavy atom. The highest BCUT2D eigenvalue weighted by molar-refractivity contribution is 8.00. The molecule has 0 radical (unpaired) electrons. The molecule has 2 atom stereocenters. The van der Waals surface area contributed by atoms with Crippen molar-refractivity contribution in [2.75, 3.05) is 11.9 Å². The zero-order valence-electron chi connectivity index (χ0n) is 12.3. The molecule has 1 heterocycles. The molecule has 1 aliphatic heterocycles. The second-order valence-corrected chi connectivity index (χ2v) is 7.41. The number of ether oxygens (including phenoxy) is 1. The second-order valence-electron chi connectivity index (χ2n) is 6.07. The summed E-state index contributed by atoms with van der Waals surface area (Å²) in [6, 6.07) is 9.37. The summed E-state index contributed by atoms with van der Waals surface area (Å²) in [4.78, 5) is 1.43. The van der Waals surface area contributed by atoms with Crippen LogP contribution < -0.4 is 5.32 Å². The Labute approximate surface area is 126 Å². The number of rotatable bonds is 4. The van der Waals surface area contributed by atoms with Crippen molar-refractivity contribution in [2.45, 2.75) is 67.7 Å². The third-order valence-corrected chi connectivity index (χ3v) is 5.74. The summed E-state index contributed by atoms with van der Waals surface area (Å²) in [5.74, 6) is 0. The fourth-order valence-electron chi connectivity index (χ4n) is 3.22. The van der Waals surface area contributed by atoms with E-state index in [-0.39, 0.29) is 0 Å². The molecular weight excluding hydrogens is 266 g/mol. The van der Waals surface area contributed by atoms with Crippen LogP contribution in [0.2, 0.25) is 0 Å². The van der Waals surface area contributed by atoms with E-state index in [0.29, 0.717) is 12.1 Å². The van der Waals surface area contributed by atoms with Crippen LogP contribution in [-0.4, -0.2) is 24.0 Å². The number of anilines is 1. The number of benzene rings is 1. The highest BCUT2D eigenvalue weighted by Gasteiger charge is 2.21. The summed E-state index contributed by atoms with van der Waals surface area (Å²) >= 11 is 2.07. The molecule has 1 saturated heterocycles. The van der Waals surface area contributed by atoms with Crippen molar-refractivity contribution in [3.63, 3.8) is 0 Å². The summed E-state index contributed by atoms with van der Waals surface area (Å²) in [5.41, 5.74) is 1.32. The molecule has 2 fully saturated rings. The van der Waals surface area contributed by atoms with Gasteiger partial charge in [0.15, 0.2) is 0 Å². The van der Waals surface area contributed by atoms with E-state index in [1.165, 1.54) is 36.3 Å². The zero-order chi connectivity index (χ0) is 13.8. The van der Waals surface area contributed by atoms with Crippen molar-refractivity contribution in [1.82, 2.24) is 0 Å². The first-order valence-corrected chi connectivity index (χ1v) is 8.83. The van der Waals surface area contributed by atoms with Crippen LogP contribution in [0.5, 0.6) is 0 Å². The standard InChI is InChI=1S/C17H25NOS/c1-13-12-14(10-11-19-13)18-16-8-4-5-9-17(16)20-15-6-2-3-7-15/h4-5,8-9,13-15,18H,2-3,6-7,10-12H2,1H3. The first kappa shape index (κ1) is 14.3. The molecule has 2 aliphatic rings. The maximum absolute atomic E-state index is 5.64. The number of nitrogens with one attached hydrogen (secondary N) is 1. The number of hydrogen-bond donors (Lipinski definition) is 1. The van der Waals surface area contributed by atoms with Crippen molar-refractivity contribution in [1.29, 1.82) is 0 Å². The zero-order valence-corrected chi connectivity index (χ0v) is 13.1. The van der Waals surface area contributed by atoms with E-state index >= 15 is 0 Å². The first-order chi connectivity index (χ1) is 9.81. The van der Waals surface area contributed by atoms with E-state index in [2.05, 4.69) is 48.3 Å². The van der Waals surface area contributed by atoms with Crippen molar-refractivity contribution in [3.8, 4) is 0 Å². The summed E-state index contributed by atoms with van der Waals surface area (Å²) in [5, 5.41) is 4.58. The van der Waals surface area contributed by atoms with Crippen LogP contribution in [0.1, 0.15) is 45.4 Å². The quantitative estimate of drug-likeness (QED) is 0.868. The van der Waals surface area contributed by atoms with Crippen molar-refractivity contribution in [3.05, 3.63) is 24.3 Å². The fraction of sp³-hybridized carbons (Fsp3) is 0.647. The molecule has 3 heteroatoms. The van der Waals surface area contributed by atoms with E-state index in [9.17, 15) is 0 Å². The van der Waals surface area contributed by atoms with E-state index in [1.54, 1.807) is 0 Å². The minimum atomic E-state index is 0.385. The SMILES string of the molecule is CC1CC(Nc2ccccc2SC2CCCC2)CCO1. The largest absolute Gasteiger partial charge is 0.381 e. The van der Waals surface area contributed by atoms with Crippen molar-refractivity contribution < 1.29 is 4.74 Å². The van der Waals surface area contributed by atoms with Gasteiger partial charge in [-0.2, -0.15) is 0 Å². The van der Waals surface area contributed by atoms with Gasteiger partial charge >= 0.3 is 0 Å². The summed E-state index contributed by atoms with van der Waals surface area (Å²) in [6.07, 6.45) is 8.20. The Morgan fingerprint density at radius 3 is 2.75 bits per heavy atom. The smallest absolute Gasteiger partial charge is 0.0566 e. The molecule has 2 nitrogen and oxygen atoms in total. The molecule has 1 aromatic carbocycles. The average Bonchev–Trinajstić information content (AvgIpc) is 2.94. The predicted octanol–water partition coefficient (Wildman–Crippen LogP) is 4.70. The highest BCUT2D eigenvalue weighted by Crippen LogP contribution is 2.38. The van der Waals surface area contributed by atoms with E-state index in [4.69, 9.17) is 4.74 Å². The molecule has 1 N–H and O–H groups in total. The van der Waals surface area contributed by atoms with Crippen LogP contribution >= 0.6 is 11.8 Å². The van der Waals surface area contributed by atoms with Crippen LogP contribution in [0.3, 0.4) is 0 Å². The van der Waals surface area contributed by atoms with Crippen LogP contribution in [-0.2, 0) is 4.74 Å². The van der Waals surface area contributed by atoms with Gasteiger partial charge in [0.1, 0.15) is 0 Å². The van der Waals surface area contributed by atoms with Gasteiger partial charge in [0.25, 0.3) is 0 Å². The van der Waals surface area contributed by atoms with Gasteiger partial charge in [0.2, 0.25) is 0 Å². The normalized spacial score (nSPS) is 27.6. The molecule has 1 aromatic rings. The summed E-state index contributed by atoms with van der Waals surface area (Å²) < 4.78 is 5.64. The molecule has 0 amide bonds. The number of hydrogen-bond acceptors (Lipinski definition) is 3. The van der Waals surface area contributed by atoms with Gasteiger partial charge in [-0.15, -0.1) is 11.8 Å². The average molecular weight is 291 g/mol. The molecule has 2 unspecified atom stereocenters. The van der Waals surface area contributed by atoms with Crippen LogP contribution in [0.4, 0.5) is 5.69 Å². The maximum Gasteiger partial charge on any atom is 0.0566 e.